The van der Waals surface area contributed by atoms with Gasteiger partial charge in [0.15, 0.2) is 5.11 Å². The maximum Gasteiger partial charge on any atom is 0.281 e. The Labute approximate surface area is 159 Å². The average Bonchev–Trinajstić information content (AvgIpc) is 2.88. The number of carboxylic acid groups (broad SMARTS) is 1. The van der Waals surface area contributed by atoms with Crippen molar-refractivity contribution in [2.75, 3.05) is 11.5 Å². The lowest BCUT2D eigenvalue weighted by molar-refractivity contribution is -0.307. The average molecular weight is 388 g/mol. The molecule has 8 heteroatoms. The van der Waals surface area contributed by atoms with Gasteiger partial charge in [-0.2, -0.15) is 0 Å². The molecule has 0 aliphatic carbocycles. The van der Waals surface area contributed by atoms with Gasteiger partial charge in [-0.05, 0) is 48.1 Å². The van der Waals surface area contributed by atoms with Crippen molar-refractivity contribution in [2.24, 2.45) is 0 Å². The molecule has 0 atom stereocenters. The molecule has 3 rings (SSSR count). The molecule has 6 nitrogen and oxygen atoms in total. The molecule has 1 N–H and O–H groups in total. The third kappa shape index (κ3) is 3.84. The first-order valence-electron chi connectivity index (χ1n) is 7.50. The second kappa shape index (κ2) is 7.55. The number of nitrogens with zero attached hydrogens (tertiary/aromatic N) is 1. The van der Waals surface area contributed by atoms with Crippen LogP contribution in [0.2, 0.25) is 5.02 Å². The van der Waals surface area contributed by atoms with E-state index in [-0.39, 0.29) is 11.0 Å². The highest BCUT2D eigenvalue weighted by atomic mass is 35.5. The van der Waals surface area contributed by atoms with Gasteiger partial charge < -0.3 is 20.0 Å². The summed E-state index contributed by atoms with van der Waals surface area (Å²) in [5, 5.41) is 13.9. The topological polar surface area (TPSA) is 81.7 Å². The second-order valence-electron chi connectivity index (χ2n) is 5.31. The number of ether oxygens (including phenoxy) is 1. The van der Waals surface area contributed by atoms with Crippen molar-refractivity contribution >= 4 is 52.6 Å². The molecule has 1 aliphatic rings. The summed E-state index contributed by atoms with van der Waals surface area (Å²) in [7, 11) is 0. The number of hydrogen-bond acceptors (Lipinski definition) is 5. The van der Waals surface area contributed by atoms with Crippen molar-refractivity contribution in [1.29, 1.82) is 0 Å². The van der Waals surface area contributed by atoms with E-state index in [0.29, 0.717) is 27.7 Å². The van der Waals surface area contributed by atoms with Gasteiger partial charge in [-0.1, -0.05) is 35.9 Å². The lowest BCUT2D eigenvalue weighted by Crippen LogP contribution is -2.30. The van der Waals surface area contributed by atoms with Crippen LogP contribution in [0.3, 0.4) is 0 Å². The molecule has 132 valence electrons. The number of benzene rings is 2. The molecule has 26 heavy (non-hydrogen) atoms. The number of carboxylic acids is 1. The van der Waals surface area contributed by atoms with E-state index in [1.807, 2.05) is 0 Å². The number of rotatable bonds is 5. The van der Waals surface area contributed by atoms with Gasteiger partial charge in [0.1, 0.15) is 18.1 Å². The van der Waals surface area contributed by atoms with Crippen LogP contribution < -0.4 is 20.1 Å². The number of carbonyl (C=O) groups is 2. The van der Waals surface area contributed by atoms with Crippen LogP contribution in [0.25, 0.3) is 6.08 Å². The van der Waals surface area contributed by atoms with Crippen molar-refractivity contribution < 1.29 is 19.4 Å². The van der Waals surface area contributed by atoms with Crippen LogP contribution in [0.1, 0.15) is 5.56 Å². The van der Waals surface area contributed by atoms with Crippen molar-refractivity contribution in [3.05, 3.63) is 64.8 Å². The summed E-state index contributed by atoms with van der Waals surface area (Å²) in [6, 6.07) is 13.5. The second-order valence-corrected chi connectivity index (χ2v) is 6.10. The summed E-state index contributed by atoms with van der Waals surface area (Å²) in [6.07, 6.45) is 1.63. The molecule has 2 aromatic carbocycles. The number of para-hydroxylation sites is 1. The Morgan fingerprint density at radius 1 is 1.23 bits per heavy atom. The predicted molar refractivity (Wildman–Crippen MR) is 99.6 cm³/mol. The Hall–Kier alpha value is -2.90. The molecule has 2 aromatic rings. The summed E-state index contributed by atoms with van der Waals surface area (Å²) >= 11 is 11.4. The highest BCUT2D eigenvalue weighted by Crippen LogP contribution is 2.29. The van der Waals surface area contributed by atoms with E-state index in [9.17, 15) is 14.7 Å². The fourth-order valence-corrected chi connectivity index (χ4v) is 2.87. The van der Waals surface area contributed by atoms with Crippen LogP contribution in [-0.4, -0.2) is 23.6 Å². The van der Waals surface area contributed by atoms with Crippen LogP contribution in [0.4, 0.5) is 5.69 Å². The van der Waals surface area contributed by atoms with Crippen LogP contribution in [0, 0.1) is 0 Å². The molecular formula is C18H12ClN2O4S-. The van der Waals surface area contributed by atoms with Crippen LogP contribution in [-0.2, 0) is 9.59 Å². The van der Waals surface area contributed by atoms with Crippen LogP contribution >= 0.6 is 23.8 Å². The van der Waals surface area contributed by atoms with Crippen LogP contribution in [0.5, 0.6) is 5.75 Å². The number of carbonyl (C=O) groups excluding carboxylic acids is 2. The fourth-order valence-electron chi connectivity index (χ4n) is 2.36. The molecule has 0 saturated carbocycles. The van der Waals surface area contributed by atoms with Gasteiger partial charge in [-0.25, -0.2) is 0 Å². The lowest BCUT2D eigenvalue weighted by atomic mass is 10.2. The van der Waals surface area contributed by atoms with Crippen molar-refractivity contribution in [1.82, 2.24) is 5.32 Å². The first-order chi connectivity index (χ1) is 12.5. The number of aliphatic carboxylic acids is 1. The summed E-state index contributed by atoms with van der Waals surface area (Å²) in [5.74, 6) is -1.24. The molecule has 1 amide bonds. The maximum atomic E-state index is 12.7. The largest absolute Gasteiger partial charge is 0.546 e. The van der Waals surface area contributed by atoms with Gasteiger partial charge in [0.2, 0.25) is 0 Å². The van der Waals surface area contributed by atoms with E-state index >= 15 is 0 Å². The van der Waals surface area contributed by atoms with Crippen molar-refractivity contribution in [3.63, 3.8) is 0 Å². The monoisotopic (exact) mass is 387 g/mol. The van der Waals surface area contributed by atoms with Gasteiger partial charge in [-0.3, -0.25) is 9.69 Å². The molecular weight excluding hydrogens is 376 g/mol. The minimum atomic E-state index is -1.30. The Morgan fingerprint density at radius 2 is 1.92 bits per heavy atom. The molecule has 0 spiro atoms. The molecule has 0 bridgehead atoms. The summed E-state index contributed by atoms with van der Waals surface area (Å²) in [4.78, 5) is 24.4. The highest BCUT2D eigenvalue weighted by molar-refractivity contribution is 7.80. The zero-order valence-electron chi connectivity index (χ0n) is 13.3. The summed E-state index contributed by atoms with van der Waals surface area (Å²) in [5.41, 5.74) is 1.52. The van der Waals surface area contributed by atoms with Gasteiger partial charge in [0, 0.05) is 0 Å². The normalized spacial score (nSPS) is 15.3. The predicted octanol–water partition coefficient (Wildman–Crippen LogP) is 1.73. The van der Waals surface area contributed by atoms with E-state index in [1.54, 1.807) is 54.6 Å². The Kier molecular flexibility index (Phi) is 5.20. The van der Waals surface area contributed by atoms with Gasteiger partial charge >= 0.3 is 0 Å². The van der Waals surface area contributed by atoms with Crippen molar-refractivity contribution in [3.8, 4) is 5.75 Å². The zero-order chi connectivity index (χ0) is 18.7. The fraction of sp³-hybridized carbons (Fsp3) is 0.0556. The maximum absolute atomic E-state index is 12.7. The number of anilines is 1. The quantitative estimate of drug-likeness (QED) is 0.621. The zero-order valence-corrected chi connectivity index (χ0v) is 14.8. The molecule has 0 unspecified atom stereocenters. The minimum absolute atomic E-state index is 0.239. The number of hydrogen-bond donors (Lipinski definition) is 1. The molecule has 1 heterocycles. The van der Waals surface area contributed by atoms with Gasteiger partial charge in [0.05, 0.1) is 16.7 Å². The molecule has 0 aromatic heterocycles. The summed E-state index contributed by atoms with van der Waals surface area (Å²) in [6.45, 7) is -0.526. The van der Waals surface area contributed by atoms with Crippen molar-refractivity contribution in [2.45, 2.75) is 0 Å². The summed E-state index contributed by atoms with van der Waals surface area (Å²) < 4.78 is 5.01. The lowest BCUT2D eigenvalue weighted by Gasteiger charge is -2.15. The van der Waals surface area contributed by atoms with E-state index in [2.05, 4.69) is 5.32 Å². The molecule has 1 saturated heterocycles. The smallest absolute Gasteiger partial charge is 0.281 e. The van der Waals surface area contributed by atoms with E-state index in [1.165, 1.54) is 4.90 Å². The van der Waals surface area contributed by atoms with E-state index in [0.717, 1.165) is 0 Å². The Morgan fingerprint density at radius 3 is 2.58 bits per heavy atom. The minimum Gasteiger partial charge on any atom is -0.546 e. The van der Waals surface area contributed by atoms with Gasteiger partial charge in [-0.15, -0.1) is 0 Å². The number of amides is 1. The number of nitrogens with one attached hydrogen (secondary N) is 1. The third-order valence-electron chi connectivity index (χ3n) is 3.52. The molecule has 1 aliphatic heterocycles. The SMILES string of the molecule is O=C([O-])COc1ccc(/C=C2\NC(=S)N(c3ccccc3Cl)C2=O)cc1. The standard InChI is InChI=1S/C18H13ClN2O4S/c19-13-3-1-2-4-15(13)21-17(24)14(20-18(21)26)9-11-5-7-12(8-6-11)25-10-16(22)23/h1-9H,10H2,(H,20,26)(H,22,23)/p-1/b14-9-. The van der Waals surface area contributed by atoms with Gasteiger partial charge in [0.25, 0.3) is 5.91 Å². The van der Waals surface area contributed by atoms with E-state index in [4.69, 9.17) is 28.6 Å². The molecule has 0 radical (unpaired) electrons. The Bertz CT molecular complexity index is 912. The molecule has 1 fully saturated rings. The van der Waals surface area contributed by atoms with Crippen LogP contribution in [0.15, 0.2) is 54.2 Å². The highest BCUT2D eigenvalue weighted by Gasteiger charge is 2.32. The Balaban J connectivity index is 1.80. The third-order valence-corrected chi connectivity index (χ3v) is 4.12. The van der Waals surface area contributed by atoms with E-state index < -0.39 is 12.6 Å². The number of halogens is 1. The number of thiocarbonyl (C=S) groups is 1. The first-order valence-corrected chi connectivity index (χ1v) is 8.28. The first kappa shape index (κ1) is 17.9.